The van der Waals surface area contributed by atoms with E-state index in [-0.39, 0.29) is 29.3 Å². The third kappa shape index (κ3) is 4.31. The molecule has 188 valence electrons. The molecule has 3 aliphatic rings. The highest BCUT2D eigenvalue weighted by atomic mass is 32.2. The smallest absolute Gasteiger partial charge is 0.240 e. The minimum Gasteiger partial charge on any atom is -0.389 e. The molecule has 0 radical (unpaired) electrons. The fourth-order valence-electron chi connectivity index (χ4n) is 5.03. The standard InChI is InChI=1S/C24H31N5O5S/c1-22(2,31)14-26-35(33,34)16-8-6-15(7-9-16)27-21-25-13-17-19(28-21)29(20(30)24(17)11-12-24)18-5-4-10-23(18,3)32/h6-9,13,18,26,31-32H,4-5,10-12,14H2,1-3H3,(H,25,27,28). The molecule has 1 aliphatic heterocycles. The van der Waals surface area contributed by atoms with Crippen LogP contribution < -0.4 is 14.9 Å². The highest BCUT2D eigenvalue weighted by Gasteiger charge is 2.63. The van der Waals surface area contributed by atoms with Crippen LogP contribution in [0.25, 0.3) is 0 Å². The fraction of sp³-hybridized carbons (Fsp3) is 0.542. The summed E-state index contributed by atoms with van der Waals surface area (Å²) in [4.78, 5) is 24.2. The highest BCUT2D eigenvalue weighted by Crippen LogP contribution is 2.58. The van der Waals surface area contributed by atoms with Crippen LogP contribution in [-0.4, -0.2) is 58.3 Å². The number of nitrogens with one attached hydrogen (secondary N) is 2. The van der Waals surface area contributed by atoms with Gasteiger partial charge in [-0.25, -0.2) is 18.1 Å². The Balaban J connectivity index is 1.38. The summed E-state index contributed by atoms with van der Waals surface area (Å²) in [5, 5.41) is 23.8. The number of hydrogen-bond donors (Lipinski definition) is 4. The summed E-state index contributed by atoms with van der Waals surface area (Å²) in [5.41, 5.74) is -1.29. The second-order valence-corrected chi connectivity index (χ2v) is 12.5. The van der Waals surface area contributed by atoms with E-state index >= 15 is 0 Å². The lowest BCUT2D eigenvalue weighted by Gasteiger charge is -2.33. The van der Waals surface area contributed by atoms with E-state index in [1.165, 1.54) is 26.0 Å². The Bertz CT molecular complexity index is 1270. The first-order valence-corrected chi connectivity index (χ1v) is 13.3. The molecule has 10 nitrogen and oxygen atoms in total. The largest absolute Gasteiger partial charge is 0.389 e. The van der Waals surface area contributed by atoms with Crippen molar-refractivity contribution in [2.75, 3.05) is 16.8 Å². The fourth-order valence-corrected chi connectivity index (χ4v) is 6.24. The first-order chi connectivity index (χ1) is 16.3. The van der Waals surface area contributed by atoms with E-state index in [2.05, 4.69) is 20.0 Å². The van der Waals surface area contributed by atoms with E-state index in [0.29, 0.717) is 17.9 Å². The Hall–Kier alpha value is -2.60. The molecule has 4 N–H and O–H groups in total. The van der Waals surface area contributed by atoms with Gasteiger partial charge >= 0.3 is 0 Å². The second kappa shape index (κ2) is 7.95. The van der Waals surface area contributed by atoms with Crippen molar-refractivity contribution in [2.24, 2.45) is 0 Å². The van der Waals surface area contributed by atoms with Gasteiger partial charge in [0.15, 0.2) is 0 Å². The monoisotopic (exact) mass is 501 g/mol. The number of nitrogens with zero attached hydrogens (tertiary/aromatic N) is 3. The zero-order valence-corrected chi connectivity index (χ0v) is 20.9. The topological polar surface area (TPSA) is 145 Å². The van der Waals surface area contributed by atoms with Crippen molar-refractivity contribution in [1.29, 1.82) is 0 Å². The molecule has 1 amide bonds. The van der Waals surface area contributed by atoms with Gasteiger partial charge in [0.2, 0.25) is 21.9 Å². The number of rotatable bonds is 7. The van der Waals surface area contributed by atoms with Crippen molar-refractivity contribution in [2.45, 2.75) is 80.4 Å². The number of hydrogen-bond acceptors (Lipinski definition) is 8. The summed E-state index contributed by atoms with van der Waals surface area (Å²) in [6.07, 6.45) is 5.42. The van der Waals surface area contributed by atoms with Gasteiger partial charge in [-0.05, 0) is 77.1 Å². The first-order valence-electron chi connectivity index (χ1n) is 11.9. The maximum atomic E-state index is 13.4. The second-order valence-electron chi connectivity index (χ2n) is 10.7. The van der Waals surface area contributed by atoms with Gasteiger partial charge in [-0.1, -0.05) is 0 Å². The van der Waals surface area contributed by atoms with Crippen molar-refractivity contribution < 1.29 is 23.4 Å². The van der Waals surface area contributed by atoms with Crippen molar-refractivity contribution >= 4 is 33.4 Å². The zero-order chi connectivity index (χ0) is 25.2. The molecule has 0 bridgehead atoms. The lowest BCUT2D eigenvalue weighted by atomic mass is 9.98. The van der Waals surface area contributed by atoms with Crippen LogP contribution in [0.1, 0.15) is 58.4 Å². The number of benzene rings is 1. The van der Waals surface area contributed by atoms with Crippen LogP contribution in [0.15, 0.2) is 35.4 Å². The van der Waals surface area contributed by atoms with Gasteiger partial charge in [-0.15, -0.1) is 0 Å². The average molecular weight is 502 g/mol. The summed E-state index contributed by atoms with van der Waals surface area (Å²) in [6.45, 7) is 4.71. The van der Waals surface area contributed by atoms with Gasteiger partial charge in [0, 0.05) is 24.0 Å². The molecule has 0 saturated heterocycles. The first kappa shape index (κ1) is 24.1. The number of anilines is 3. The van der Waals surface area contributed by atoms with Crippen molar-refractivity contribution in [3.63, 3.8) is 0 Å². The Morgan fingerprint density at radius 3 is 2.46 bits per heavy atom. The van der Waals surface area contributed by atoms with E-state index < -0.39 is 26.6 Å². The molecule has 2 atom stereocenters. The Morgan fingerprint density at radius 2 is 1.89 bits per heavy atom. The highest BCUT2D eigenvalue weighted by molar-refractivity contribution is 7.89. The number of carbonyl (C=O) groups is 1. The molecule has 2 fully saturated rings. The van der Waals surface area contributed by atoms with Crippen LogP contribution in [-0.2, 0) is 20.2 Å². The molecule has 2 unspecified atom stereocenters. The maximum Gasteiger partial charge on any atom is 0.240 e. The van der Waals surface area contributed by atoms with E-state index in [4.69, 9.17) is 0 Å². The van der Waals surface area contributed by atoms with E-state index in [9.17, 15) is 23.4 Å². The molecular weight excluding hydrogens is 470 g/mol. The predicted molar refractivity (Wildman–Crippen MR) is 130 cm³/mol. The molecule has 1 spiro atoms. The summed E-state index contributed by atoms with van der Waals surface area (Å²) < 4.78 is 27.3. The minimum atomic E-state index is -3.77. The zero-order valence-electron chi connectivity index (χ0n) is 20.1. The SMILES string of the molecule is CC(C)(O)CNS(=O)(=O)c1ccc(Nc2ncc3c(n2)N(C2CCCC2(C)O)C(=O)C32CC2)cc1. The van der Waals surface area contributed by atoms with Crippen LogP contribution >= 0.6 is 0 Å². The van der Waals surface area contributed by atoms with Gasteiger partial charge in [-0.2, -0.15) is 4.98 Å². The van der Waals surface area contributed by atoms with E-state index in [0.717, 1.165) is 31.2 Å². The number of aliphatic hydroxyl groups is 2. The lowest BCUT2D eigenvalue weighted by Crippen LogP contribution is -2.50. The van der Waals surface area contributed by atoms with Gasteiger partial charge in [0.1, 0.15) is 5.82 Å². The van der Waals surface area contributed by atoms with Gasteiger partial charge in [-0.3, -0.25) is 9.69 Å². The minimum absolute atomic E-state index is 0.000702. The number of sulfonamides is 1. The van der Waals surface area contributed by atoms with E-state index in [1.807, 2.05) is 0 Å². The van der Waals surface area contributed by atoms with Crippen LogP contribution in [0.4, 0.5) is 17.5 Å². The normalized spacial score (nSPS) is 25.2. The van der Waals surface area contributed by atoms with E-state index in [1.54, 1.807) is 30.2 Å². The Morgan fingerprint density at radius 1 is 1.20 bits per heavy atom. The van der Waals surface area contributed by atoms with Crippen molar-refractivity contribution in [1.82, 2.24) is 14.7 Å². The molecule has 2 heterocycles. The lowest BCUT2D eigenvalue weighted by molar-refractivity contribution is -0.121. The summed E-state index contributed by atoms with van der Waals surface area (Å²) >= 11 is 0. The Kier molecular flexibility index (Phi) is 5.48. The molecule has 1 aromatic carbocycles. The Labute approximate surface area is 204 Å². The van der Waals surface area contributed by atoms with Crippen molar-refractivity contribution in [3.05, 3.63) is 36.0 Å². The summed E-state index contributed by atoms with van der Waals surface area (Å²) in [7, 11) is -3.77. The maximum absolute atomic E-state index is 13.4. The summed E-state index contributed by atoms with van der Waals surface area (Å²) in [6, 6.07) is 5.78. The van der Waals surface area contributed by atoms with Gasteiger partial charge in [0.25, 0.3) is 0 Å². The van der Waals surface area contributed by atoms with Crippen LogP contribution in [0.2, 0.25) is 0 Å². The molecular formula is C24H31N5O5S. The van der Waals surface area contributed by atoms with Gasteiger partial charge < -0.3 is 15.5 Å². The third-order valence-electron chi connectivity index (χ3n) is 7.20. The number of aromatic nitrogens is 2. The van der Waals surface area contributed by atoms with Crippen molar-refractivity contribution in [3.8, 4) is 0 Å². The number of carbonyl (C=O) groups excluding carboxylic acids is 1. The van der Waals surface area contributed by atoms with Crippen LogP contribution in [0.5, 0.6) is 0 Å². The molecule has 1 aromatic heterocycles. The molecule has 2 saturated carbocycles. The molecule has 11 heteroatoms. The number of fused-ring (bicyclic) bond motifs is 2. The third-order valence-corrected chi connectivity index (χ3v) is 8.61. The van der Waals surface area contributed by atoms with Gasteiger partial charge in [0.05, 0.1) is 27.6 Å². The molecule has 35 heavy (non-hydrogen) atoms. The molecule has 2 aromatic rings. The predicted octanol–water partition coefficient (Wildman–Crippen LogP) is 1.95. The molecule has 5 rings (SSSR count). The average Bonchev–Trinajstić information content (AvgIpc) is 3.46. The summed E-state index contributed by atoms with van der Waals surface area (Å²) in [5.74, 6) is 0.832. The number of amides is 1. The van der Waals surface area contributed by atoms with Crippen LogP contribution in [0, 0.1) is 0 Å². The molecule has 2 aliphatic carbocycles. The quantitative estimate of drug-likeness (QED) is 0.451. The van der Waals surface area contributed by atoms with Crippen LogP contribution in [0.3, 0.4) is 0 Å².